The first kappa shape index (κ1) is 9.31. The lowest BCUT2D eigenvalue weighted by molar-refractivity contribution is 0.0554. The molecule has 0 N–H and O–H groups in total. The van der Waals surface area contributed by atoms with E-state index < -0.39 is 5.97 Å². The number of carbonyl (C=O) groups is 1. The summed E-state index contributed by atoms with van der Waals surface area (Å²) in [6.45, 7) is 3.77. The summed E-state index contributed by atoms with van der Waals surface area (Å²) in [5.41, 5.74) is 0. The first-order valence-electron chi connectivity index (χ1n) is 3.56. The first-order valence-corrected chi connectivity index (χ1v) is 3.56. The summed E-state index contributed by atoms with van der Waals surface area (Å²) in [6.07, 6.45) is 1.56. The minimum atomic E-state index is -0.582. The first-order chi connectivity index (χ1) is 6.27. The van der Waals surface area contributed by atoms with Crippen molar-refractivity contribution >= 4 is 5.97 Å². The summed E-state index contributed by atoms with van der Waals surface area (Å²) in [6, 6.07) is 1.36. The summed E-state index contributed by atoms with van der Waals surface area (Å²) in [4.78, 5) is 10.9. The molecule has 0 saturated heterocycles. The van der Waals surface area contributed by atoms with E-state index in [0.717, 1.165) is 0 Å². The molecule has 0 radical (unpaired) electrons. The summed E-state index contributed by atoms with van der Waals surface area (Å²) >= 11 is 0. The number of aromatic nitrogens is 1. The van der Waals surface area contributed by atoms with Crippen molar-refractivity contribution in [1.29, 1.82) is 0 Å². The summed E-state index contributed by atoms with van der Waals surface area (Å²) in [5, 5.41) is 3.48. The van der Waals surface area contributed by atoms with E-state index in [0.29, 0.717) is 6.61 Å². The van der Waals surface area contributed by atoms with Crippen LogP contribution < -0.4 is 4.74 Å². The van der Waals surface area contributed by atoms with Crippen LogP contribution in [-0.2, 0) is 4.74 Å². The summed E-state index contributed by atoms with van der Waals surface area (Å²) in [7, 11) is 1.26. The number of hydrogen-bond acceptors (Lipinski definition) is 5. The zero-order valence-corrected chi connectivity index (χ0v) is 7.15. The highest BCUT2D eigenvalue weighted by atomic mass is 16.6. The van der Waals surface area contributed by atoms with Crippen molar-refractivity contribution in [3.05, 3.63) is 24.5 Å². The van der Waals surface area contributed by atoms with Crippen LogP contribution in [0.3, 0.4) is 0 Å². The predicted molar refractivity (Wildman–Crippen MR) is 43.5 cm³/mol. The number of ether oxygens (including phenoxy) is 2. The second-order valence-corrected chi connectivity index (χ2v) is 2.12. The van der Waals surface area contributed by atoms with Gasteiger partial charge in [-0.25, -0.2) is 4.79 Å². The molecule has 70 valence electrons. The SMILES string of the molecule is C=CCOc1cc(C(=O)OC)on1. The maximum absolute atomic E-state index is 10.9. The summed E-state index contributed by atoms with van der Waals surface area (Å²) < 4.78 is 14.0. The van der Waals surface area contributed by atoms with Crippen molar-refractivity contribution < 1.29 is 18.8 Å². The Hall–Kier alpha value is -1.78. The van der Waals surface area contributed by atoms with Gasteiger partial charge in [0.1, 0.15) is 6.61 Å². The fraction of sp³-hybridized carbons (Fsp3) is 0.250. The molecule has 0 spiro atoms. The lowest BCUT2D eigenvalue weighted by Crippen LogP contribution is -1.98. The molecule has 0 amide bonds. The van der Waals surface area contributed by atoms with Crippen LogP contribution >= 0.6 is 0 Å². The molecule has 0 fully saturated rings. The Morgan fingerprint density at radius 2 is 2.62 bits per heavy atom. The number of carbonyl (C=O) groups excluding carboxylic acids is 1. The topological polar surface area (TPSA) is 61.6 Å². The Kier molecular flexibility index (Phi) is 3.08. The average molecular weight is 183 g/mol. The largest absolute Gasteiger partial charge is 0.471 e. The molecule has 13 heavy (non-hydrogen) atoms. The Labute approximate surface area is 74.9 Å². The van der Waals surface area contributed by atoms with Gasteiger partial charge in [-0.1, -0.05) is 12.7 Å². The molecule has 5 heteroatoms. The molecule has 0 atom stereocenters. The lowest BCUT2D eigenvalue weighted by Gasteiger charge is -1.92. The average Bonchev–Trinajstić information content (AvgIpc) is 2.62. The predicted octanol–water partition coefficient (Wildman–Crippen LogP) is 1.03. The van der Waals surface area contributed by atoms with Gasteiger partial charge in [0.15, 0.2) is 0 Å². The zero-order valence-electron chi connectivity index (χ0n) is 7.15. The Morgan fingerprint density at radius 3 is 3.23 bits per heavy atom. The van der Waals surface area contributed by atoms with Crippen LogP contribution in [0.15, 0.2) is 23.2 Å². The van der Waals surface area contributed by atoms with E-state index in [2.05, 4.69) is 21.0 Å². The van der Waals surface area contributed by atoms with Crippen LogP contribution in [0.25, 0.3) is 0 Å². The van der Waals surface area contributed by atoms with E-state index in [9.17, 15) is 4.79 Å². The van der Waals surface area contributed by atoms with Crippen molar-refractivity contribution in [1.82, 2.24) is 5.16 Å². The monoisotopic (exact) mass is 183 g/mol. The smallest absolute Gasteiger partial charge is 0.377 e. The highest BCUT2D eigenvalue weighted by Gasteiger charge is 2.13. The minimum absolute atomic E-state index is 0.0153. The van der Waals surface area contributed by atoms with Crippen molar-refractivity contribution in [2.75, 3.05) is 13.7 Å². The third-order valence-corrected chi connectivity index (χ3v) is 1.22. The Bertz CT molecular complexity index is 305. The second-order valence-electron chi connectivity index (χ2n) is 2.12. The van der Waals surface area contributed by atoms with Gasteiger partial charge in [0.2, 0.25) is 5.76 Å². The normalized spacial score (nSPS) is 9.31. The fourth-order valence-electron chi connectivity index (χ4n) is 0.668. The van der Waals surface area contributed by atoms with Gasteiger partial charge in [0.05, 0.1) is 13.2 Å². The molecule has 0 unspecified atom stereocenters. The molecule has 1 aromatic rings. The van der Waals surface area contributed by atoms with Gasteiger partial charge in [-0.3, -0.25) is 0 Å². The third-order valence-electron chi connectivity index (χ3n) is 1.22. The molecule has 0 bridgehead atoms. The Morgan fingerprint density at radius 1 is 1.85 bits per heavy atom. The van der Waals surface area contributed by atoms with E-state index in [1.54, 1.807) is 6.08 Å². The molecular weight excluding hydrogens is 174 g/mol. The quantitative estimate of drug-likeness (QED) is 0.515. The van der Waals surface area contributed by atoms with E-state index in [-0.39, 0.29) is 11.6 Å². The van der Waals surface area contributed by atoms with Crippen molar-refractivity contribution in [2.24, 2.45) is 0 Å². The van der Waals surface area contributed by atoms with Gasteiger partial charge >= 0.3 is 5.97 Å². The number of rotatable bonds is 4. The highest BCUT2D eigenvalue weighted by molar-refractivity contribution is 5.86. The maximum atomic E-state index is 10.9. The van der Waals surface area contributed by atoms with Gasteiger partial charge in [0, 0.05) is 0 Å². The standard InChI is InChI=1S/C8H9NO4/c1-3-4-12-7-5-6(13-9-7)8(10)11-2/h3,5H,1,4H2,2H3. The zero-order chi connectivity index (χ0) is 9.68. The van der Waals surface area contributed by atoms with Crippen LogP contribution in [0.4, 0.5) is 0 Å². The van der Waals surface area contributed by atoms with Crippen molar-refractivity contribution in [2.45, 2.75) is 0 Å². The Balaban J connectivity index is 2.63. The highest BCUT2D eigenvalue weighted by Crippen LogP contribution is 2.11. The van der Waals surface area contributed by atoms with Crippen LogP contribution in [0.1, 0.15) is 10.6 Å². The number of nitrogens with zero attached hydrogens (tertiary/aromatic N) is 1. The van der Waals surface area contributed by atoms with Crippen LogP contribution in [0, 0.1) is 0 Å². The van der Waals surface area contributed by atoms with Crippen LogP contribution in [-0.4, -0.2) is 24.8 Å². The van der Waals surface area contributed by atoms with Gasteiger partial charge < -0.3 is 14.0 Å². The van der Waals surface area contributed by atoms with Crippen molar-refractivity contribution in [3.8, 4) is 5.88 Å². The molecular formula is C8H9NO4. The molecule has 1 rings (SSSR count). The molecule has 0 aromatic carbocycles. The maximum Gasteiger partial charge on any atom is 0.377 e. The molecule has 0 aliphatic rings. The van der Waals surface area contributed by atoms with E-state index in [1.807, 2.05) is 0 Å². The lowest BCUT2D eigenvalue weighted by atomic mass is 10.4. The molecule has 0 saturated carbocycles. The number of esters is 1. The molecule has 0 aliphatic heterocycles. The van der Waals surface area contributed by atoms with Crippen LogP contribution in [0.2, 0.25) is 0 Å². The van der Waals surface area contributed by atoms with Gasteiger partial charge in [-0.15, -0.1) is 0 Å². The third kappa shape index (κ3) is 2.33. The summed E-state index contributed by atoms with van der Waals surface area (Å²) in [5.74, 6) is -0.331. The molecule has 0 aliphatic carbocycles. The van der Waals surface area contributed by atoms with Gasteiger partial charge in [-0.2, -0.15) is 0 Å². The molecule has 1 heterocycles. The minimum Gasteiger partial charge on any atom is -0.471 e. The van der Waals surface area contributed by atoms with Gasteiger partial charge in [-0.05, 0) is 5.16 Å². The van der Waals surface area contributed by atoms with E-state index >= 15 is 0 Å². The number of hydrogen-bond donors (Lipinski definition) is 0. The van der Waals surface area contributed by atoms with E-state index in [1.165, 1.54) is 13.2 Å². The second kappa shape index (κ2) is 4.30. The van der Waals surface area contributed by atoms with Gasteiger partial charge in [0.25, 0.3) is 5.88 Å². The van der Waals surface area contributed by atoms with Crippen molar-refractivity contribution in [3.63, 3.8) is 0 Å². The van der Waals surface area contributed by atoms with Crippen LogP contribution in [0.5, 0.6) is 5.88 Å². The van der Waals surface area contributed by atoms with E-state index in [4.69, 9.17) is 4.74 Å². The fourth-order valence-corrected chi connectivity index (χ4v) is 0.668. The molecule has 5 nitrogen and oxygen atoms in total. The number of methoxy groups -OCH3 is 1. The molecule has 1 aromatic heterocycles.